The molecule has 0 N–H and O–H groups in total. The highest BCUT2D eigenvalue weighted by atomic mass is 15.0. The molecule has 0 spiro atoms. The number of fused-ring (bicyclic) bond motifs is 3. The molecule has 11 aromatic rings. The van der Waals surface area contributed by atoms with Crippen LogP contribution in [0, 0.1) is 11.3 Å². The third-order valence-electron chi connectivity index (χ3n) is 11.0. The topological polar surface area (TPSA) is 41.6 Å². The smallest absolute Gasteiger partial charge is 0.0992 e. The molecule has 11 rings (SSSR count). The molecule has 0 fully saturated rings. The van der Waals surface area contributed by atoms with Crippen molar-refractivity contribution in [2.75, 3.05) is 0 Å². The van der Waals surface area contributed by atoms with Crippen LogP contribution in [0.1, 0.15) is 5.56 Å². The molecule has 0 saturated carbocycles. The molecule has 2 aromatic heterocycles. The normalized spacial score (nSPS) is 11.8. The van der Waals surface area contributed by atoms with Gasteiger partial charge in [-0.2, -0.15) is 5.26 Å². The van der Waals surface area contributed by atoms with E-state index in [9.17, 15) is 5.26 Å². The zero-order valence-electron chi connectivity index (χ0n) is 28.6. The molecule has 0 atom stereocenters. The number of rotatable bonds is 4. The van der Waals surface area contributed by atoms with Crippen molar-refractivity contribution in [2.24, 2.45) is 0 Å². The Balaban J connectivity index is 1.24. The molecule has 2 heterocycles. The van der Waals surface area contributed by atoms with Crippen LogP contribution in [-0.4, -0.2) is 9.55 Å². The Hall–Kier alpha value is -7.28. The van der Waals surface area contributed by atoms with Crippen LogP contribution in [0.3, 0.4) is 0 Å². The highest BCUT2D eigenvalue weighted by Crippen LogP contribution is 2.49. The largest absolute Gasteiger partial charge is 0.309 e. The third-order valence-corrected chi connectivity index (χ3v) is 11.0. The van der Waals surface area contributed by atoms with Gasteiger partial charge >= 0.3 is 0 Å². The number of hydrogen-bond donors (Lipinski definition) is 0. The van der Waals surface area contributed by atoms with Crippen LogP contribution >= 0.6 is 0 Å². The van der Waals surface area contributed by atoms with E-state index in [1.54, 1.807) is 0 Å². The number of hydrogen-bond acceptors (Lipinski definition) is 2. The van der Waals surface area contributed by atoms with E-state index in [-0.39, 0.29) is 0 Å². The molecule has 0 aliphatic rings. The zero-order valence-corrected chi connectivity index (χ0v) is 28.6. The van der Waals surface area contributed by atoms with E-state index in [4.69, 9.17) is 0 Å². The number of aromatic nitrogens is 2. The molecule has 0 bridgehead atoms. The fourth-order valence-electron chi connectivity index (χ4n) is 8.90. The lowest BCUT2D eigenvalue weighted by Gasteiger charge is -2.20. The Morgan fingerprint density at radius 3 is 1.68 bits per heavy atom. The van der Waals surface area contributed by atoms with Gasteiger partial charge in [0.1, 0.15) is 0 Å². The van der Waals surface area contributed by atoms with Crippen LogP contribution in [0.25, 0.3) is 104 Å². The van der Waals surface area contributed by atoms with Crippen LogP contribution in [0.2, 0.25) is 0 Å². The second-order valence-corrected chi connectivity index (χ2v) is 13.8. The van der Waals surface area contributed by atoms with Gasteiger partial charge in [-0.05, 0) is 107 Å². The van der Waals surface area contributed by atoms with Gasteiger partial charge in [-0.1, -0.05) is 127 Å². The second kappa shape index (κ2) is 11.4. The van der Waals surface area contributed by atoms with Crippen LogP contribution in [0.4, 0.5) is 0 Å². The van der Waals surface area contributed by atoms with E-state index in [1.165, 1.54) is 76.3 Å². The van der Waals surface area contributed by atoms with Gasteiger partial charge in [0.05, 0.1) is 22.7 Å². The first-order chi connectivity index (χ1) is 26.3. The third kappa shape index (κ3) is 4.24. The van der Waals surface area contributed by atoms with Crippen molar-refractivity contribution in [3.05, 3.63) is 182 Å². The summed E-state index contributed by atoms with van der Waals surface area (Å²) in [5.41, 5.74) is 11.1. The number of nitrogens with zero attached hydrogens (tertiary/aromatic N) is 3. The molecular formula is C50H29N3. The van der Waals surface area contributed by atoms with Gasteiger partial charge in [0.25, 0.3) is 0 Å². The van der Waals surface area contributed by atoms with E-state index in [2.05, 4.69) is 155 Å². The maximum Gasteiger partial charge on any atom is 0.0992 e. The Labute approximate surface area is 305 Å². The van der Waals surface area contributed by atoms with Crippen molar-refractivity contribution in [1.29, 1.82) is 5.26 Å². The summed E-state index contributed by atoms with van der Waals surface area (Å²) in [7, 11) is 0. The van der Waals surface area contributed by atoms with Gasteiger partial charge in [-0.15, -0.1) is 0 Å². The minimum absolute atomic E-state index is 0.661. The summed E-state index contributed by atoms with van der Waals surface area (Å²) >= 11 is 0. The van der Waals surface area contributed by atoms with Crippen LogP contribution in [0.15, 0.2) is 176 Å². The molecule has 0 unspecified atom stereocenters. The monoisotopic (exact) mass is 671 g/mol. The Morgan fingerprint density at radius 1 is 0.453 bits per heavy atom. The fraction of sp³-hybridized carbons (Fsp3) is 0. The lowest BCUT2D eigenvalue weighted by molar-refractivity contribution is 1.18. The first kappa shape index (κ1) is 29.5. The van der Waals surface area contributed by atoms with Gasteiger partial charge < -0.3 is 4.57 Å². The van der Waals surface area contributed by atoms with Gasteiger partial charge in [-0.3, -0.25) is 4.98 Å². The molecule has 9 aromatic carbocycles. The van der Waals surface area contributed by atoms with Gasteiger partial charge in [0.15, 0.2) is 0 Å². The summed E-state index contributed by atoms with van der Waals surface area (Å²) in [5, 5.41) is 22.0. The molecule has 0 saturated heterocycles. The molecule has 0 amide bonds. The maximum atomic E-state index is 10.0. The first-order valence-electron chi connectivity index (χ1n) is 17.9. The van der Waals surface area contributed by atoms with Gasteiger partial charge in [-0.25, -0.2) is 0 Å². The lowest BCUT2D eigenvalue weighted by Crippen LogP contribution is -1.94. The van der Waals surface area contributed by atoms with E-state index in [0.717, 1.165) is 27.7 Å². The number of benzene rings is 9. The average Bonchev–Trinajstić information content (AvgIpc) is 3.57. The quantitative estimate of drug-likeness (QED) is 0.138. The Morgan fingerprint density at radius 2 is 1.04 bits per heavy atom. The van der Waals surface area contributed by atoms with Crippen molar-refractivity contribution < 1.29 is 0 Å². The van der Waals surface area contributed by atoms with E-state index in [1.807, 2.05) is 36.7 Å². The van der Waals surface area contributed by atoms with Crippen LogP contribution in [0.5, 0.6) is 0 Å². The summed E-state index contributed by atoms with van der Waals surface area (Å²) in [6.45, 7) is 0. The fourth-order valence-corrected chi connectivity index (χ4v) is 8.90. The summed E-state index contributed by atoms with van der Waals surface area (Å²) < 4.78 is 2.31. The highest BCUT2D eigenvalue weighted by molar-refractivity contribution is 6.31. The summed E-state index contributed by atoms with van der Waals surface area (Å²) in [4.78, 5) is 4.43. The summed E-state index contributed by atoms with van der Waals surface area (Å²) in [5.74, 6) is 0. The minimum Gasteiger partial charge on any atom is -0.309 e. The van der Waals surface area contributed by atoms with Gasteiger partial charge in [0.2, 0.25) is 0 Å². The second-order valence-electron chi connectivity index (χ2n) is 13.8. The van der Waals surface area contributed by atoms with Crippen molar-refractivity contribution >= 4 is 64.9 Å². The van der Waals surface area contributed by atoms with Crippen LogP contribution in [-0.2, 0) is 0 Å². The highest BCUT2D eigenvalue weighted by Gasteiger charge is 2.23. The number of para-hydroxylation sites is 1. The van der Waals surface area contributed by atoms with Crippen molar-refractivity contribution in [2.45, 2.75) is 0 Å². The van der Waals surface area contributed by atoms with Crippen molar-refractivity contribution in [3.8, 4) is 45.1 Å². The lowest BCUT2D eigenvalue weighted by atomic mass is 9.83. The first-order valence-corrected chi connectivity index (χ1v) is 17.9. The zero-order chi connectivity index (χ0) is 35.0. The van der Waals surface area contributed by atoms with E-state index in [0.29, 0.717) is 5.56 Å². The Bertz CT molecular complexity index is 3220. The molecule has 0 aliphatic carbocycles. The molecule has 3 heteroatoms. The molecule has 0 radical (unpaired) electrons. The Kier molecular flexibility index (Phi) is 6.32. The minimum atomic E-state index is 0.661. The molecule has 3 nitrogen and oxygen atoms in total. The molecule has 53 heavy (non-hydrogen) atoms. The average molecular weight is 672 g/mol. The SMILES string of the molecule is N#Cc1cc2ccc3c(-c4c5ccccc5c(-c5ccc(-c6cccnc6)c6ccccc56)c5ccccc45)ccc4c3c2c(c1)n4-c1ccccc1. The summed E-state index contributed by atoms with van der Waals surface area (Å²) in [6, 6.07) is 61.2. The number of nitriles is 1. The van der Waals surface area contributed by atoms with E-state index >= 15 is 0 Å². The summed E-state index contributed by atoms with van der Waals surface area (Å²) in [6.07, 6.45) is 3.77. The van der Waals surface area contributed by atoms with Crippen molar-refractivity contribution in [1.82, 2.24) is 9.55 Å². The number of pyridine rings is 1. The molecule has 0 aliphatic heterocycles. The molecule has 244 valence electrons. The standard InChI is InChI=1S/C50H29N3/c51-29-31-27-32-20-21-44-43(24-25-45-50(44)47(32)46(28-31)53(45)34-12-2-1-3-13-34)49-40-18-8-6-16-38(40)48(39-17-7-9-19-41(39)49)42-23-22-35(33-11-10-26-52-30-33)36-14-4-5-15-37(36)42/h1-28,30H. The van der Waals surface area contributed by atoms with Gasteiger partial charge in [0, 0.05) is 34.4 Å². The van der Waals surface area contributed by atoms with Crippen LogP contribution < -0.4 is 0 Å². The maximum absolute atomic E-state index is 10.0. The molecular weight excluding hydrogens is 643 g/mol. The predicted molar refractivity (Wildman–Crippen MR) is 221 cm³/mol. The van der Waals surface area contributed by atoms with Crippen molar-refractivity contribution in [3.63, 3.8) is 0 Å². The van der Waals surface area contributed by atoms with E-state index < -0.39 is 0 Å². The predicted octanol–water partition coefficient (Wildman–Crippen LogP) is 13.1.